The summed E-state index contributed by atoms with van der Waals surface area (Å²) in [6, 6.07) is 9.30. The molecule has 2 aromatic carbocycles. The average molecular weight is 618 g/mol. The Hall–Kier alpha value is -2.88. The Kier molecular flexibility index (Phi) is 15.7. The van der Waals surface area contributed by atoms with Crippen molar-refractivity contribution in [2.75, 3.05) is 47.0 Å². The molecule has 9 nitrogen and oxygen atoms in total. The van der Waals surface area contributed by atoms with E-state index in [0.29, 0.717) is 48.9 Å². The average Bonchev–Trinajstić information content (AvgIpc) is 2.91. The molecule has 17 heteroatoms. The fraction of sp³-hybridized carbons (Fsp3) is 0.417. The molecular formula is C24H30F7N4O5P. The van der Waals surface area contributed by atoms with Crippen LogP contribution in [0.2, 0.25) is 0 Å². The third-order valence-electron chi connectivity index (χ3n) is 4.97. The Balaban J connectivity index is 0.000000333. The van der Waals surface area contributed by atoms with Gasteiger partial charge in [-0.05, 0) is 35.9 Å². The van der Waals surface area contributed by atoms with Gasteiger partial charge in [0, 0.05) is 27.2 Å². The van der Waals surface area contributed by atoms with Crippen LogP contribution in [0, 0.1) is 5.82 Å². The minimum Gasteiger partial charge on any atom is -0.380 e. The van der Waals surface area contributed by atoms with E-state index in [9.17, 15) is 35.5 Å². The second-order valence-corrected chi connectivity index (χ2v) is 9.00. The van der Waals surface area contributed by atoms with E-state index >= 15 is 0 Å². The second kappa shape index (κ2) is 17.8. The van der Waals surface area contributed by atoms with Crippen molar-refractivity contribution in [3.63, 3.8) is 0 Å². The first-order chi connectivity index (χ1) is 19.2. The molecule has 3 rings (SSSR count). The summed E-state index contributed by atoms with van der Waals surface area (Å²) >= 11 is 0. The summed E-state index contributed by atoms with van der Waals surface area (Å²) in [6.45, 7) is 3.10. The number of carbonyl (C=O) groups excluding carboxylic acids is 1. The van der Waals surface area contributed by atoms with Crippen LogP contribution in [0.4, 0.5) is 30.7 Å². The maximum atomic E-state index is 12.4. The number of nitrogens with zero attached hydrogens (tertiary/aromatic N) is 3. The molecule has 1 aliphatic rings. The van der Waals surface area contributed by atoms with Crippen LogP contribution in [0.25, 0.3) is 0 Å². The molecule has 0 unspecified atom stereocenters. The van der Waals surface area contributed by atoms with Gasteiger partial charge in [-0.1, -0.05) is 18.2 Å². The quantitative estimate of drug-likeness (QED) is 0.107. The third-order valence-corrected chi connectivity index (χ3v) is 5.55. The number of ether oxygens (including phenoxy) is 2. The molecule has 0 spiro atoms. The van der Waals surface area contributed by atoms with Gasteiger partial charge < -0.3 is 19.3 Å². The predicted molar refractivity (Wildman–Crippen MR) is 137 cm³/mol. The monoisotopic (exact) mass is 618 g/mol. The molecule has 230 valence electrons. The fourth-order valence-corrected chi connectivity index (χ4v) is 3.35. The van der Waals surface area contributed by atoms with Crippen molar-refractivity contribution in [1.29, 1.82) is 0 Å². The standard InChI is InChI=1S/C10H8F6O.C8H17N4O4P.C6H5F/c1-17-5-6-2-7(9(11,12)13)4-8(3-6)10(14,15)16;1-9-8(10-12(7-13)17(14)15)6-11-2-4-16-5-3-11;7-6-4-2-1-3-5-6/h2-4H,5H2,1H3;7,14-15H,2-6H2,1H3,(H,9,10);1-5H. The van der Waals surface area contributed by atoms with Crippen molar-refractivity contribution in [3.8, 4) is 0 Å². The van der Waals surface area contributed by atoms with Crippen molar-refractivity contribution in [1.82, 2.24) is 15.1 Å². The number of rotatable bonds is 7. The number of aliphatic imine (C=N–C) groups is 1. The number of hydrogen-bond acceptors (Lipinski definition) is 7. The number of carbonyl (C=O) groups is 1. The van der Waals surface area contributed by atoms with Gasteiger partial charge in [0.25, 0.3) is 0 Å². The number of nitrogens with one attached hydrogen (secondary N) is 1. The third kappa shape index (κ3) is 14.5. The van der Waals surface area contributed by atoms with Crippen LogP contribution in [-0.4, -0.2) is 78.7 Å². The summed E-state index contributed by atoms with van der Waals surface area (Å²) in [4.78, 5) is 34.5. The lowest BCUT2D eigenvalue weighted by Crippen LogP contribution is -2.47. The van der Waals surface area contributed by atoms with Crippen LogP contribution < -0.4 is 5.43 Å². The van der Waals surface area contributed by atoms with E-state index < -0.39 is 32.0 Å². The smallest absolute Gasteiger partial charge is 0.380 e. The van der Waals surface area contributed by atoms with E-state index in [4.69, 9.17) is 14.5 Å². The van der Waals surface area contributed by atoms with Crippen LogP contribution in [0.3, 0.4) is 0 Å². The van der Waals surface area contributed by atoms with E-state index in [0.717, 1.165) is 13.1 Å². The molecular weight excluding hydrogens is 588 g/mol. The van der Waals surface area contributed by atoms with Gasteiger partial charge >= 0.3 is 20.9 Å². The van der Waals surface area contributed by atoms with E-state index in [1.165, 1.54) is 19.2 Å². The normalized spacial score (nSPS) is 14.4. The van der Waals surface area contributed by atoms with Gasteiger partial charge in [0.1, 0.15) is 11.7 Å². The van der Waals surface area contributed by atoms with Gasteiger partial charge in [-0.3, -0.25) is 20.1 Å². The highest BCUT2D eigenvalue weighted by molar-refractivity contribution is 7.43. The minimum atomic E-state index is -4.82. The molecule has 0 bridgehead atoms. The number of halogens is 7. The topological polar surface area (TPSA) is 107 Å². The van der Waals surface area contributed by atoms with Crippen molar-refractivity contribution in [2.45, 2.75) is 19.0 Å². The number of benzene rings is 2. The van der Waals surface area contributed by atoms with Crippen LogP contribution in [0.15, 0.2) is 53.5 Å². The minimum absolute atomic E-state index is 0.0825. The molecule has 41 heavy (non-hydrogen) atoms. The van der Waals surface area contributed by atoms with E-state index in [2.05, 4.69) is 20.1 Å². The number of morpholine rings is 1. The second-order valence-electron chi connectivity index (χ2n) is 8.03. The van der Waals surface area contributed by atoms with E-state index in [-0.39, 0.29) is 24.1 Å². The number of alkyl halides is 6. The van der Waals surface area contributed by atoms with Crippen LogP contribution in [0.1, 0.15) is 16.7 Å². The largest absolute Gasteiger partial charge is 0.416 e. The molecule has 1 aliphatic heterocycles. The number of hydrazine groups is 1. The SMILES string of the molecule is CN=C(CN1CCOCC1)NN(C=O)P(O)O.COCc1cc(C(F)(F)F)cc(C(F)(F)F)c1.Fc1ccccc1. The fourth-order valence-electron chi connectivity index (χ4n) is 3.06. The van der Waals surface area contributed by atoms with Crippen molar-refractivity contribution < 1.29 is 54.8 Å². The molecule has 1 saturated heterocycles. The van der Waals surface area contributed by atoms with Crippen molar-refractivity contribution in [2.24, 2.45) is 4.99 Å². The Morgan fingerprint density at radius 2 is 1.61 bits per heavy atom. The maximum Gasteiger partial charge on any atom is 0.416 e. The van der Waals surface area contributed by atoms with Crippen molar-refractivity contribution in [3.05, 3.63) is 71.0 Å². The Labute approximate surface area is 233 Å². The summed E-state index contributed by atoms with van der Waals surface area (Å²) < 4.78 is 96.5. The summed E-state index contributed by atoms with van der Waals surface area (Å²) in [7, 11) is 0.265. The summed E-state index contributed by atoms with van der Waals surface area (Å²) in [6.07, 6.45) is -9.32. The molecule has 0 saturated carbocycles. The van der Waals surface area contributed by atoms with Gasteiger partial charge in [0.05, 0.1) is 37.5 Å². The number of amidine groups is 1. The Bertz CT molecular complexity index is 1040. The summed E-state index contributed by atoms with van der Waals surface area (Å²) in [5, 5.41) is 0. The number of hydrogen-bond donors (Lipinski definition) is 3. The first-order valence-electron chi connectivity index (χ1n) is 11.6. The molecule has 1 amide bonds. The van der Waals surface area contributed by atoms with Crippen LogP contribution in [-0.2, 0) is 33.2 Å². The lowest BCUT2D eigenvalue weighted by molar-refractivity contribution is -0.143. The lowest BCUT2D eigenvalue weighted by atomic mass is 10.1. The highest BCUT2D eigenvalue weighted by Crippen LogP contribution is 2.36. The number of methoxy groups -OCH3 is 1. The van der Waals surface area contributed by atoms with Crippen molar-refractivity contribution >= 4 is 20.8 Å². The highest BCUT2D eigenvalue weighted by Gasteiger charge is 2.36. The maximum absolute atomic E-state index is 12.4. The number of amides is 1. The molecule has 1 fully saturated rings. The molecule has 3 N–H and O–H groups in total. The Morgan fingerprint density at radius 1 is 1.07 bits per heavy atom. The van der Waals surface area contributed by atoms with Gasteiger partial charge in [-0.2, -0.15) is 31.1 Å². The first kappa shape index (κ1) is 36.1. The molecule has 0 radical (unpaired) electrons. The van der Waals surface area contributed by atoms with Crippen LogP contribution >= 0.6 is 8.53 Å². The summed E-state index contributed by atoms with van der Waals surface area (Å²) in [5.41, 5.74) is -0.278. The van der Waals surface area contributed by atoms with E-state index in [1.54, 1.807) is 25.2 Å². The zero-order valence-electron chi connectivity index (χ0n) is 22.0. The zero-order valence-corrected chi connectivity index (χ0v) is 22.9. The van der Waals surface area contributed by atoms with Gasteiger partial charge in [0.2, 0.25) is 6.41 Å². The molecule has 2 aromatic rings. The first-order valence-corrected chi connectivity index (χ1v) is 12.8. The van der Waals surface area contributed by atoms with Gasteiger partial charge in [0.15, 0.2) is 0 Å². The molecule has 1 heterocycles. The Morgan fingerprint density at radius 3 is 1.98 bits per heavy atom. The molecule has 0 atom stereocenters. The predicted octanol–water partition coefficient (Wildman–Crippen LogP) is 4.22. The highest BCUT2D eigenvalue weighted by atomic mass is 31.2. The van der Waals surface area contributed by atoms with Gasteiger partial charge in [-0.15, -0.1) is 0 Å². The van der Waals surface area contributed by atoms with Gasteiger partial charge in [-0.25, -0.2) is 4.39 Å². The van der Waals surface area contributed by atoms with E-state index in [1.807, 2.05) is 0 Å². The molecule has 0 aliphatic carbocycles. The lowest BCUT2D eigenvalue weighted by Gasteiger charge is -2.28. The molecule has 0 aromatic heterocycles. The summed E-state index contributed by atoms with van der Waals surface area (Å²) in [5.74, 6) is 0.317. The zero-order chi connectivity index (χ0) is 31.1. The van der Waals surface area contributed by atoms with Crippen LogP contribution in [0.5, 0.6) is 0 Å².